The summed E-state index contributed by atoms with van der Waals surface area (Å²) in [7, 11) is 0. The van der Waals surface area contributed by atoms with Crippen molar-refractivity contribution in [3.8, 4) is 5.75 Å². The van der Waals surface area contributed by atoms with Crippen LogP contribution >= 0.6 is 0 Å². The number of hydrogen-bond donors (Lipinski definition) is 1. The van der Waals surface area contributed by atoms with E-state index in [4.69, 9.17) is 9.26 Å². The number of aromatic nitrogens is 2. The summed E-state index contributed by atoms with van der Waals surface area (Å²) in [5.74, 6) is 1.94. The van der Waals surface area contributed by atoms with E-state index < -0.39 is 0 Å². The highest BCUT2D eigenvalue weighted by Crippen LogP contribution is 2.32. The molecule has 1 aromatic carbocycles. The second-order valence-electron chi connectivity index (χ2n) is 5.41. The molecule has 0 saturated heterocycles. The lowest BCUT2D eigenvalue weighted by Crippen LogP contribution is -2.09. The zero-order valence-corrected chi connectivity index (χ0v) is 12.2. The third kappa shape index (κ3) is 3.24. The SMILES string of the molecule is CCCc1nc(COc2ccc3c(c2)[C@H](O)CCC3)no1. The van der Waals surface area contributed by atoms with Crippen molar-refractivity contribution in [3.63, 3.8) is 0 Å². The van der Waals surface area contributed by atoms with Crippen LogP contribution in [-0.2, 0) is 19.4 Å². The number of ether oxygens (including phenoxy) is 1. The van der Waals surface area contributed by atoms with Gasteiger partial charge >= 0.3 is 0 Å². The molecule has 1 aliphatic rings. The summed E-state index contributed by atoms with van der Waals surface area (Å²) in [4.78, 5) is 4.27. The van der Waals surface area contributed by atoms with Gasteiger partial charge in [0.25, 0.3) is 0 Å². The van der Waals surface area contributed by atoms with Crippen LogP contribution in [0.2, 0.25) is 0 Å². The van der Waals surface area contributed by atoms with Gasteiger partial charge in [-0.1, -0.05) is 18.1 Å². The Bertz CT molecular complexity index is 609. The van der Waals surface area contributed by atoms with Crippen LogP contribution in [-0.4, -0.2) is 15.2 Å². The minimum Gasteiger partial charge on any atom is -0.485 e. The van der Waals surface area contributed by atoms with Gasteiger partial charge in [0.1, 0.15) is 5.75 Å². The minimum atomic E-state index is -0.376. The highest BCUT2D eigenvalue weighted by Gasteiger charge is 2.18. The number of benzene rings is 1. The van der Waals surface area contributed by atoms with E-state index in [-0.39, 0.29) is 12.7 Å². The summed E-state index contributed by atoms with van der Waals surface area (Å²) in [6, 6.07) is 5.89. The number of nitrogens with zero attached hydrogens (tertiary/aromatic N) is 2. The Hall–Kier alpha value is -1.88. The molecule has 5 nitrogen and oxygen atoms in total. The van der Waals surface area contributed by atoms with Gasteiger partial charge < -0.3 is 14.4 Å². The Morgan fingerprint density at radius 3 is 3.19 bits per heavy atom. The summed E-state index contributed by atoms with van der Waals surface area (Å²) in [6.45, 7) is 2.35. The number of aliphatic hydroxyl groups excluding tert-OH is 1. The van der Waals surface area contributed by atoms with E-state index in [2.05, 4.69) is 17.1 Å². The quantitative estimate of drug-likeness (QED) is 0.916. The van der Waals surface area contributed by atoms with Crippen molar-refractivity contribution in [2.24, 2.45) is 0 Å². The molecule has 0 saturated carbocycles. The maximum atomic E-state index is 10.0. The fourth-order valence-electron chi connectivity index (χ4n) is 2.65. The number of rotatable bonds is 5. The lowest BCUT2D eigenvalue weighted by Gasteiger charge is -2.21. The minimum absolute atomic E-state index is 0.280. The second-order valence-corrected chi connectivity index (χ2v) is 5.41. The Labute approximate surface area is 123 Å². The number of aliphatic hydroxyl groups is 1. The third-order valence-corrected chi connectivity index (χ3v) is 3.74. The first-order chi connectivity index (χ1) is 10.3. The van der Waals surface area contributed by atoms with Crippen LogP contribution in [0.15, 0.2) is 22.7 Å². The van der Waals surface area contributed by atoms with Crippen LogP contribution in [0.5, 0.6) is 5.75 Å². The first-order valence-electron chi connectivity index (χ1n) is 7.51. The molecule has 1 N–H and O–H groups in total. The Morgan fingerprint density at radius 2 is 2.33 bits per heavy atom. The third-order valence-electron chi connectivity index (χ3n) is 3.74. The zero-order chi connectivity index (χ0) is 14.7. The van der Waals surface area contributed by atoms with E-state index in [1.165, 1.54) is 5.56 Å². The molecule has 1 heterocycles. The summed E-state index contributed by atoms with van der Waals surface area (Å²) >= 11 is 0. The maximum absolute atomic E-state index is 10.0. The van der Waals surface area contributed by atoms with Crippen molar-refractivity contribution in [3.05, 3.63) is 41.0 Å². The van der Waals surface area contributed by atoms with E-state index in [1.807, 2.05) is 18.2 Å². The van der Waals surface area contributed by atoms with Gasteiger partial charge in [-0.05, 0) is 48.9 Å². The predicted molar refractivity (Wildman–Crippen MR) is 77.0 cm³/mol. The number of fused-ring (bicyclic) bond motifs is 1. The molecular formula is C16H20N2O3. The van der Waals surface area contributed by atoms with E-state index in [1.54, 1.807) is 0 Å². The maximum Gasteiger partial charge on any atom is 0.226 e. The fourth-order valence-corrected chi connectivity index (χ4v) is 2.65. The van der Waals surface area contributed by atoms with Crippen LogP contribution in [0.4, 0.5) is 0 Å². The zero-order valence-electron chi connectivity index (χ0n) is 12.2. The summed E-state index contributed by atoms with van der Waals surface area (Å²) in [6.07, 6.45) is 4.28. The van der Waals surface area contributed by atoms with Crippen LogP contribution in [0, 0.1) is 0 Å². The molecule has 21 heavy (non-hydrogen) atoms. The molecule has 5 heteroatoms. The first-order valence-corrected chi connectivity index (χ1v) is 7.51. The molecule has 0 bridgehead atoms. The monoisotopic (exact) mass is 288 g/mol. The van der Waals surface area contributed by atoms with Crippen molar-refractivity contribution < 1.29 is 14.4 Å². The van der Waals surface area contributed by atoms with Crippen molar-refractivity contribution in [2.75, 3.05) is 0 Å². The van der Waals surface area contributed by atoms with Crippen LogP contribution < -0.4 is 4.74 Å². The highest BCUT2D eigenvalue weighted by molar-refractivity contribution is 5.38. The summed E-state index contributed by atoms with van der Waals surface area (Å²) < 4.78 is 10.8. The van der Waals surface area contributed by atoms with Gasteiger partial charge in [0.15, 0.2) is 6.61 Å². The molecule has 0 spiro atoms. The molecular weight excluding hydrogens is 268 g/mol. The molecule has 0 unspecified atom stereocenters. The average Bonchev–Trinajstić information content (AvgIpc) is 2.94. The van der Waals surface area contributed by atoms with Crippen molar-refractivity contribution in [1.29, 1.82) is 0 Å². The largest absolute Gasteiger partial charge is 0.485 e. The van der Waals surface area contributed by atoms with E-state index in [0.29, 0.717) is 11.7 Å². The van der Waals surface area contributed by atoms with E-state index >= 15 is 0 Å². The Kier molecular flexibility index (Phi) is 4.20. The van der Waals surface area contributed by atoms with Gasteiger partial charge in [-0.15, -0.1) is 0 Å². The molecule has 1 aliphatic carbocycles. The predicted octanol–water partition coefficient (Wildman–Crippen LogP) is 2.97. The van der Waals surface area contributed by atoms with Crippen molar-refractivity contribution >= 4 is 0 Å². The molecule has 0 radical (unpaired) electrons. The number of hydrogen-bond acceptors (Lipinski definition) is 5. The second kappa shape index (κ2) is 6.26. The normalized spacial score (nSPS) is 17.5. The lowest BCUT2D eigenvalue weighted by atomic mass is 9.89. The van der Waals surface area contributed by atoms with E-state index in [0.717, 1.165) is 43.4 Å². The van der Waals surface area contributed by atoms with Gasteiger partial charge in [-0.25, -0.2) is 0 Å². The Balaban J connectivity index is 1.66. The van der Waals surface area contributed by atoms with Crippen LogP contribution in [0.3, 0.4) is 0 Å². The van der Waals surface area contributed by atoms with Gasteiger partial charge in [-0.3, -0.25) is 0 Å². The summed E-state index contributed by atoms with van der Waals surface area (Å²) in [5, 5.41) is 13.9. The topological polar surface area (TPSA) is 68.4 Å². The fraction of sp³-hybridized carbons (Fsp3) is 0.500. The lowest BCUT2D eigenvalue weighted by molar-refractivity contribution is 0.156. The van der Waals surface area contributed by atoms with Gasteiger partial charge in [0, 0.05) is 6.42 Å². The van der Waals surface area contributed by atoms with Gasteiger partial charge in [0.2, 0.25) is 11.7 Å². The molecule has 3 rings (SSSR count). The smallest absolute Gasteiger partial charge is 0.226 e. The van der Waals surface area contributed by atoms with Crippen molar-refractivity contribution in [1.82, 2.24) is 10.1 Å². The van der Waals surface area contributed by atoms with Crippen LogP contribution in [0.25, 0.3) is 0 Å². The molecule has 1 aromatic heterocycles. The van der Waals surface area contributed by atoms with Crippen LogP contribution in [0.1, 0.15) is 55.1 Å². The first kappa shape index (κ1) is 14.1. The molecule has 0 fully saturated rings. The standard InChI is InChI=1S/C16H20N2O3/c1-2-4-16-17-15(18-21-16)10-20-12-8-7-11-5-3-6-14(19)13(11)9-12/h7-9,14,19H,2-6,10H2,1H3/t14-/m1/s1. The molecule has 0 amide bonds. The molecule has 0 aliphatic heterocycles. The summed E-state index contributed by atoms with van der Waals surface area (Å²) in [5.41, 5.74) is 2.20. The van der Waals surface area contributed by atoms with E-state index in [9.17, 15) is 5.11 Å². The van der Waals surface area contributed by atoms with Gasteiger partial charge in [-0.2, -0.15) is 4.98 Å². The molecule has 112 valence electrons. The van der Waals surface area contributed by atoms with Gasteiger partial charge in [0.05, 0.1) is 6.10 Å². The average molecular weight is 288 g/mol. The highest BCUT2D eigenvalue weighted by atomic mass is 16.5. The Morgan fingerprint density at radius 1 is 1.43 bits per heavy atom. The van der Waals surface area contributed by atoms with Crippen molar-refractivity contribution in [2.45, 2.75) is 51.7 Å². The number of aryl methyl sites for hydroxylation is 2. The molecule has 1 atom stereocenters. The molecule has 2 aromatic rings.